The number of amides is 1. The topological polar surface area (TPSA) is 38.3 Å². The largest absolute Gasteiger partial charge is 0.450 e. The van der Waals surface area contributed by atoms with Gasteiger partial charge < -0.3 is 10.1 Å². The smallest absolute Gasteiger partial charge is 0.407 e. The Bertz CT molecular complexity index is 178. The van der Waals surface area contributed by atoms with Gasteiger partial charge in [-0.15, -0.1) is 0 Å². The summed E-state index contributed by atoms with van der Waals surface area (Å²) in [7, 11) is 0. The number of hydrogen-bond acceptors (Lipinski definition) is 6. The van der Waals surface area contributed by atoms with Crippen molar-refractivity contribution in [1.29, 1.82) is 0 Å². The van der Waals surface area contributed by atoms with Gasteiger partial charge in [-0.25, -0.2) is 4.79 Å². The molecule has 0 bridgehead atoms. The molecule has 0 saturated carbocycles. The Morgan fingerprint density at radius 3 is 2.12 bits per heavy atom. The van der Waals surface area contributed by atoms with Gasteiger partial charge in [0.2, 0.25) is 0 Å². The number of ether oxygens (including phenoxy) is 1. The maximum atomic E-state index is 11.1. The molecule has 1 amide bonds. The van der Waals surface area contributed by atoms with E-state index in [4.69, 9.17) is 4.74 Å². The maximum absolute atomic E-state index is 11.1. The first kappa shape index (κ1) is 20.6. The fourth-order valence-electron chi connectivity index (χ4n) is 0.957. The average molecular weight is 367 g/mol. The Morgan fingerprint density at radius 2 is 1.59 bits per heavy atom. The van der Waals surface area contributed by atoms with Crippen molar-refractivity contribution >= 4 is 56.6 Å². The van der Waals surface area contributed by atoms with Gasteiger partial charge in [-0.3, -0.25) is 0 Å². The average Bonchev–Trinajstić information content (AvgIpc) is 2.19. The predicted molar refractivity (Wildman–Crippen MR) is 81.3 cm³/mol. The summed E-state index contributed by atoms with van der Waals surface area (Å²) in [6, 6.07) is 0. The van der Waals surface area contributed by atoms with Crippen molar-refractivity contribution in [3.8, 4) is 0 Å². The second-order valence-corrected chi connectivity index (χ2v) is 6.62. The van der Waals surface area contributed by atoms with Crippen LogP contribution >= 0.6 is 50.5 Å². The SMILES string of the molecule is O=C(NCCCC(S)S)OCCCC(S)S.[Zn]. The van der Waals surface area contributed by atoms with Crippen molar-refractivity contribution in [3.63, 3.8) is 0 Å². The molecule has 0 saturated heterocycles. The molecule has 0 aromatic rings. The van der Waals surface area contributed by atoms with Crippen LogP contribution in [-0.4, -0.2) is 28.4 Å². The third-order valence-corrected chi connectivity index (χ3v) is 2.78. The number of hydrogen-bond donors (Lipinski definition) is 5. The molecule has 0 heterocycles. The van der Waals surface area contributed by atoms with Crippen LogP contribution in [0.2, 0.25) is 0 Å². The molecule has 98 valence electrons. The Kier molecular flexibility index (Phi) is 16.6. The van der Waals surface area contributed by atoms with Crippen LogP contribution in [-0.2, 0) is 24.2 Å². The van der Waals surface area contributed by atoms with Crippen molar-refractivity contribution in [3.05, 3.63) is 0 Å². The van der Waals surface area contributed by atoms with E-state index in [2.05, 4.69) is 55.8 Å². The van der Waals surface area contributed by atoms with Crippen LogP contribution in [0.3, 0.4) is 0 Å². The second-order valence-electron chi connectivity index (χ2n) is 3.31. The molecular weight excluding hydrogens is 348 g/mol. The summed E-state index contributed by atoms with van der Waals surface area (Å²) in [5.74, 6) is 0. The quantitative estimate of drug-likeness (QED) is 0.198. The summed E-state index contributed by atoms with van der Waals surface area (Å²) in [4.78, 5) is 11.1. The zero-order valence-corrected chi connectivity index (χ0v) is 16.3. The van der Waals surface area contributed by atoms with Gasteiger partial charge in [0.25, 0.3) is 0 Å². The first-order valence-electron chi connectivity index (χ1n) is 5.15. The van der Waals surface area contributed by atoms with E-state index in [-0.39, 0.29) is 34.7 Å². The van der Waals surface area contributed by atoms with Gasteiger partial charge in [0.1, 0.15) is 0 Å². The Morgan fingerprint density at radius 1 is 1.06 bits per heavy atom. The molecule has 8 heteroatoms. The van der Waals surface area contributed by atoms with Crippen LogP contribution < -0.4 is 5.32 Å². The van der Waals surface area contributed by atoms with Crippen molar-refractivity contribution in [1.82, 2.24) is 5.32 Å². The molecule has 1 N–H and O–H groups in total. The molecule has 3 nitrogen and oxygen atoms in total. The molecule has 0 aromatic carbocycles. The van der Waals surface area contributed by atoms with Crippen LogP contribution in [0.5, 0.6) is 0 Å². The Balaban J connectivity index is 0. The summed E-state index contributed by atoms with van der Waals surface area (Å²) >= 11 is 16.4. The Hall–Kier alpha value is 1.29. The first-order chi connectivity index (χ1) is 7.52. The van der Waals surface area contributed by atoms with Crippen molar-refractivity contribution < 1.29 is 29.0 Å². The van der Waals surface area contributed by atoms with Crippen LogP contribution in [0.4, 0.5) is 4.79 Å². The summed E-state index contributed by atoms with van der Waals surface area (Å²) in [6.07, 6.45) is 2.93. The minimum atomic E-state index is -0.371. The number of alkyl carbamates (subject to hydrolysis) is 1. The van der Waals surface area contributed by atoms with E-state index < -0.39 is 0 Å². The molecule has 0 aliphatic carbocycles. The van der Waals surface area contributed by atoms with Crippen LogP contribution in [0.25, 0.3) is 0 Å². The zero-order chi connectivity index (χ0) is 12.4. The molecule has 0 unspecified atom stereocenters. The summed E-state index contributed by atoms with van der Waals surface area (Å²) < 4.78 is 5.06. The molecule has 0 aliphatic heterocycles. The number of nitrogens with one attached hydrogen (secondary N) is 1. The van der Waals surface area contributed by atoms with Gasteiger partial charge in [-0.05, 0) is 25.7 Å². The monoisotopic (exact) mass is 365 g/mol. The third-order valence-electron chi connectivity index (χ3n) is 1.75. The van der Waals surface area contributed by atoms with Gasteiger partial charge in [0.05, 0.1) is 6.61 Å². The van der Waals surface area contributed by atoms with Crippen LogP contribution in [0, 0.1) is 0 Å². The van der Waals surface area contributed by atoms with Gasteiger partial charge in [0, 0.05) is 35.2 Å². The van der Waals surface area contributed by atoms with Gasteiger partial charge in [-0.1, -0.05) is 0 Å². The predicted octanol–water partition coefficient (Wildman–Crippen LogP) is 2.64. The van der Waals surface area contributed by atoms with E-state index in [1.54, 1.807) is 0 Å². The van der Waals surface area contributed by atoms with Crippen molar-refractivity contribution in [2.24, 2.45) is 0 Å². The number of carbonyl (C=O) groups excluding carboxylic acids is 1. The number of thiol groups is 4. The van der Waals surface area contributed by atoms with Crippen molar-refractivity contribution in [2.45, 2.75) is 34.8 Å². The van der Waals surface area contributed by atoms with E-state index in [0.717, 1.165) is 25.7 Å². The van der Waals surface area contributed by atoms with Gasteiger partial charge in [0.15, 0.2) is 0 Å². The fraction of sp³-hybridized carbons (Fsp3) is 0.889. The minimum absolute atomic E-state index is 0. The van der Waals surface area contributed by atoms with Crippen molar-refractivity contribution in [2.75, 3.05) is 13.2 Å². The van der Waals surface area contributed by atoms with E-state index in [1.165, 1.54) is 0 Å². The summed E-state index contributed by atoms with van der Waals surface area (Å²) in [6.45, 7) is 1.00. The maximum Gasteiger partial charge on any atom is 0.407 e. The molecule has 0 aromatic heterocycles. The molecule has 0 fully saturated rings. The number of rotatable bonds is 8. The van der Waals surface area contributed by atoms with Crippen LogP contribution in [0.1, 0.15) is 25.7 Å². The van der Waals surface area contributed by atoms with E-state index in [9.17, 15) is 4.79 Å². The first-order valence-corrected chi connectivity index (χ1v) is 7.22. The van der Waals surface area contributed by atoms with Gasteiger partial charge in [-0.2, -0.15) is 50.5 Å². The standard InChI is InChI=1S/C9H19NO2S4.Zn/c11-9(10-5-1-3-7(13)14)12-6-2-4-8(15)16;/h7-8,13-16H,1-6H2,(H,10,11);. The van der Waals surface area contributed by atoms with E-state index >= 15 is 0 Å². The molecule has 0 atom stereocenters. The summed E-state index contributed by atoms with van der Waals surface area (Å²) in [5.41, 5.74) is 0. The molecular formula is C9H19NO2S4Zn. The number of carbonyl (C=O) groups is 1. The van der Waals surface area contributed by atoms with Gasteiger partial charge >= 0.3 is 6.09 Å². The van der Waals surface area contributed by atoms with E-state index in [1.807, 2.05) is 0 Å². The zero-order valence-electron chi connectivity index (χ0n) is 9.71. The normalized spacial score (nSPS) is 10.2. The molecule has 17 heavy (non-hydrogen) atoms. The second kappa shape index (κ2) is 13.7. The molecule has 0 spiro atoms. The Labute approximate surface area is 138 Å². The molecule has 0 rings (SSSR count). The third kappa shape index (κ3) is 17.3. The van der Waals surface area contributed by atoms with Crippen LogP contribution in [0.15, 0.2) is 0 Å². The van der Waals surface area contributed by atoms with E-state index in [0.29, 0.717) is 13.2 Å². The molecule has 0 aliphatic rings. The molecule has 0 radical (unpaired) electrons. The minimum Gasteiger partial charge on any atom is -0.450 e. The summed E-state index contributed by atoms with van der Waals surface area (Å²) in [5, 5.41) is 2.66. The fourth-order valence-corrected chi connectivity index (χ4v) is 1.69.